The maximum Gasteiger partial charge on any atom is 0.409 e. The zero-order chi connectivity index (χ0) is 18.5. The molecule has 3 rings (SSSR count). The van der Waals surface area contributed by atoms with Gasteiger partial charge in [0.2, 0.25) is 0 Å². The van der Waals surface area contributed by atoms with E-state index in [4.69, 9.17) is 16.3 Å². The predicted octanol–water partition coefficient (Wildman–Crippen LogP) is 5.11. The Hall–Kier alpha value is -2.05. The van der Waals surface area contributed by atoms with E-state index >= 15 is 0 Å². The summed E-state index contributed by atoms with van der Waals surface area (Å²) < 4.78 is 8.29. The Balaban J connectivity index is 1.50. The average molecular weight is 437 g/mol. The Bertz CT molecular complexity index is 898. The van der Waals surface area contributed by atoms with E-state index < -0.39 is 0 Å². The van der Waals surface area contributed by atoms with Crippen LogP contribution < -0.4 is 0 Å². The largest absolute Gasteiger partial charge is 0.445 e. The van der Waals surface area contributed by atoms with Crippen molar-refractivity contribution in [3.05, 3.63) is 63.9 Å². The molecule has 0 aliphatic carbocycles. The molecule has 0 saturated carbocycles. The predicted molar refractivity (Wildman–Crippen MR) is 106 cm³/mol. The number of rotatable bonds is 6. The fourth-order valence-electron chi connectivity index (χ4n) is 2.69. The molecular formula is C19H19BrClN3O2. The summed E-state index contributed by atoms with van der Waals surface area (Å²) in [5, 5.41) is 0.649. The van der Waals surface area contributed by atoms with Gasteiger partial charge in [-0.05, 0) is 40.0 Å². The molecule has 0 aliphatic heterocycles. The van der Waals surface area contributed by atoms with E-state index in [1.54, 1.807) is 18.3 Å². The molecule has 26 heavy (non-hydrogen) atoms. The third-order valence-electron chi connectivity index (χ3n) is 4.04. The molecule has 1 aromatic heterocycles. The SMILES string of the molecule is CN(CCCn1cnc2cc(Cl)cc(Br)c21)C(=O)OCc1ccccc1. The Labute approximate surface area is 165 Å². The fraction of sp³-hybridized carbons (Fsp3) is 0.263. The minimum atomic E-state index is -0.322. The van der Waals surface area contributed by atoms with E-state index in [0.29, 0.717) is 11.6 Å². The maximum absolute atomic E-state index is 12.1. The van der Waals surface area contributed by atoms with Crippen molar-refractivity contribution in [2.24, 2.45) is 0 Å². The van der Waals surface area contributed by atoms with Crippen LogP contribution in [0.15, 0.2) is 53.3 Å². The van der Waals surface area contributed by atoms with E-state index in [1.807, 2.05) is 42.5 Å². The molecule has 2 aromatic carbocycles. The molecule has 136 valence electrons. The molecule has 0 unspecified atom stereocenters. The lowest BCUT2D eigenvalue weighted by atomic mass is 10.2. The van der Waals surface area contributed by atoms with E-state index in [0.717, 1.165) is 34.0 Å². The molecule has 1 amide bonds. The van der Waals surface area contributed by atoms with Crippen LogP contribution >= 0.6 is 27.5 Å². The fourth-order valence-corrected chi connectivity index (χ4v) is 3.72. The summed E-state index contributed by atoms with van der Waals surface area (Å²) in [5.74, 6) is 0. The molecule has 7 heteroatoms. The molecule has 0 saturated heterocycles. The number of aryl methyl sites for hydroxylation is 1. The Morgan fingerprint density at radius 1 is 1.31 bits per heavy atom. The second-order valence-corrected chi connectivity index (χ2v) is 7.30. The Morgan fingerprint density at radius 3 is 2.85 bits per heavy atom. The third kappa shape index (κ3) is 4.56. The van der Waals surface area contributed by atoms with Gasteiger partial charge in [-0.3, -0.25) is 0 Å². The highest BCUT2D eigenvalue weighted by molar-refractivity contribution is 9.10. The van der Waals surface area contributed by atoms with Gasteiger partial charge in [0.05, 0.1) is 17.4 Å². The molecule has 0 aliphatic rings. The summed E-state index contributed by atoms with van der Waals surface area (Å²) in [6, 6.07) is 13.3. The van der Waals surface area contributed by atoms with Crippen molar-refractivity contribution < 1.29 is 9.53 Å². The molecule has 0 bridgehead atoms. The number of nitrogens with zero attached hydrogens (tertiary/aromatic N) is 3. The monoisotopic (exact) mass is 435 g/mol. The average Bonchev–Trinajstić information content (AvgIpc) is 3.03. The van der Waals surface area contributed by atoms with Crippen molar-refractivity contribution in [3.63, 3.8) is 0 Å². The number of amides is 1. The lowest BCUT2D eigenvalue weighted by molar-refractivity contribution is 0.104. The molecule has 5 nitrogen and oxygen atoms in total. The van der Waals surface area contributed by atoms with Crippen molar-refractivity contribution in [1.29, 1.82) is 0 Å². The lowest BCUT2D eigenvalue weighted by Crippen LogP contribution is -2.29. The summed E-state index contributed by atoms with van der Waals surface area (Å²) in [4.78, 5) is 18.0. The highest BCUT2D eigenvalue weighted by Gasteiger charge is 2.11. The molecule has 0 N–H and O–H groups in total. The highest BCUT2D eigenvalue weighted by Crippen LogP contribution is 2.27. The van der Waals surface area contributed by atoms with Gasteiger partial charge in [0, 0.05) is 29.6 Å². The zero-order valence-electron chi connectivity index (χ0n) is 14.4. The van der Waals surface area contributed by atoms with Crippen molar-refractivity contribution >= 4 is 44.7 Å². The normalized spacial score (nSPS) is 10.9. The molecule has 0 spiro atoms. The van der Waals surface area contributed by atoms with Crippen LogP contribution in [-0.4, -0.2) is 34.1 Å². The Morgan fingerprint density at radius 2 is 2.08 bits per heavy atom. The van der Waals surface area contributed by atoms with Crippen LogP contribution in [0.25, 0.3) is 11.0 Å². The summed E-state index contributed by atoms with van der Waals surface area (Å²) >= 11 is 9.59. The van der Waals surface area contributed by atoms with Gasteiger partial charge in [-0.1, -0.05) is 41.9 Å². The molecule has 0 atom stereocenters. The van der Waals surface area contributed by atoms with E-state index in [2.05, 4.69) is 25.5 Å². The van der Waals surface area contributed by atoms with Gasteiger partial charge in [-0.25, -0.2) is 9.78 Å². The van der Waals surface area contributed by atoms with Gasteiger partial charge in [0.1, 0.15) is 6.61 Å². The smallest absolute Gasteiger partial charge is 0.409 e. The van der Waals surface area contributed by atoms with Crippen molar-refractivity contribution in [3.8, 4) is 0 Å². The number of hydrogen-bond acceptors (Lipinski definition) is 3. The van der Waals surface area contributed by atoms with Gasteiger partial charge >= 0.3 is 6.09 Å². The quantitative estimate of drug-likeness (QED) is 0.539. The van der Waals surface area contributed by atoms with Crippen LogP contribution in [0.1, 0.15) is 12.0 Å². The van der Waals surface area contributed by atoms with Crippen LogP contribution in [0, 0.1) is 0 Å². The summed E-state index contributed by atoms with van der Waals surface area (Å²) in [6.07, 6.45) is 2.26. The van der Waals surface area contributed by atoms with Crippen molar-refractivity contribution in [1.82, 2.24) is 14.5 Å². The maximum atomic E-state index is 12.1. The topological polar surface area (TPSA) is 47.4 Å². The van der Waals surface area contributed by atoms with E-state index in [1.165, 1.54) is 0 Å². The first-order chi connectivity index (χ1) is 12.5. The number of benzene rings is 2. The summed E-state index contributed by atoms with van der Waals surface area (Å²) in [7, 11) is 1.75. The number of hydrogen-bond donors (Lipinski definition) is 0. The number of ether oxygens (including phenoxy) is 1. The van der Waals surface area contributed by atoms with Crippen LogP contribution in [0.5, 0.6) is 0 Å². The number of halogens is 2. The number of imidazole rings is 1. The zero-order valence-corrected chi connectivity index (χ0v) is 16.7. The van der Waals surface area contributed by atoms with Crippen molar-refractivity contribution in [2.45, 2.75) is 19.6 Å². The van der Waals surface area contributed by atoms with Crippen LogP contribution in [0.4, 0.5) is 4.79 Å². The molecule has 0 fully saturated rings. The molecular weight excluding hydrogens is 418 g/mol. The van der Waals surface area contributed by atoms with Crippen LogP contribution in [0.2, 0.25) is 5.02 Å². The highest BCUT2D eigenvalue weighted by atomic mass is 79.9. The van der Waals surface area contributed by atoms with Gasteiger partial charge in [-0.15, -0.1) is 0 Å². The summed E-state index contributed by atoms with van der Waals surface area (Å²) in [5.41, 5.74) is 2.83. The first-order valence-electron chi connectivity index (χ1n) is 8.26. The number of fused-ring (bicyclic) bond motifs is 1. The minimum absolute atomic E-state index is 0.282. The van der Waals surface area contributed by atoms with E-state index in [9.17, 15) is 4.79 Å². The third-order valence-corrected chi connectivity index (χ3v) is 4.86. The van der Waals surface area contributed by atoms with Crippen LogP contribution in [0.3, 0.4) is 0 Å². The van der Waals surface area contributed by atoms with Gasteiger partial charge in [0.25, 0.3) is 0 Å². The standard InChI is InChI=1S/C19H19BrClN3O2/c1-23(19(25)26-12-14-6-3-2-4-7-14)8-5-9-24-13-22-17-11-15(21)10-16(20)18(17)24/h2-4,6-7,10-11,13H,5,8-9,12H2,1H3. The summed E-state index contributed by atoms with van der Waals surface area (Å²) in [6.45, 7) is 1.62. The minimum Gasteiger partial charge on any atom is -0.445 e. The first-order valence-corrected chi connectivity index (χ1v) is 9.43. The number of carbonyl (C=O) groups excluding carboxylic acids is 1. The second kappa shape index (κ2) is 8.56. The molecule has 0 radical (unpaired) electrons. The van der Waals surface area contributed by atoms with Gasteiger partial charge in [-0.2, -0.15) is 0 Å². The Kier molecular flexibility index (Phi) is 6.16. The first kappa shape index (κ1) is 18.7. The molecule has 3 aromatic rings. The van der Waals surface area contributed by atoms with Crippen molar-refractivity contribution in [2.75, 3.05) is 13.6 Å². The molecule has 1 heterocycles. The second-order valence-electron chi connectivity index (χ2n) is 6.01. The van der Waals surface area contributed by atoms with Gasteiger partial charge < -0.3 is 14.2 Å². The van der Waals surface area contributed by atoms with Gasteiger partial charge in [0.15, 0.2) is 0 Å². The number of carbonyl (C=O) groups is 1. The van der Waals surface area contributed by atoms with E-state index in [-0.39, 0.29) is 12.7 Å². The number of aromatic nitrogens is 2. The van der Waals surface area contributed by atoms with Crippen LogP contribution in [-0.2, 0) is 17.9 Å². The lowest BCUT2D eigenvalue weighted by Gasteiger charge is -2.17.